The zero-order chi connectivity index (χ0) is 15.2. The van der Waals surface area contributed by atoms with Crippen LogP contribution in [0.15, 0.2) is 54.6 Å². The summed E-state index contributed by atoms with van der Waals surface area (Å²) in [5, 5.41) is 2.00. The molecule has 0 fully saturated rings. The summed E-state index contributed by atoms with van der Waals surface area (Å²) < 4.78 is 0. The minimum atomic E-state index is -0.745. The molecule has 2 amide bonds. The average molecular weight is 303 g/mol. The molecule has 3 N–H and O–H groups in total. The van der Waals surface area contributed by atoms with Gasteiger partial charge in [-0.25, -0.2) is 0 Å². The number of hydrogen-bond acceptors (Lipinski definition) is 2. The summed E-state index contributed by atoms with van der Waals surface area (Å²) in [6.45, 7) is 0.288. The lowest BCUT2D eigenvalue weighted by Gasteiger charge is -2.11. The van der Waals surface area contributed by atoms with Gasteiger partial charge in [-0.3, -0.25) is 9.59 Å². The van der Waals surface area contributed by atoms with Gasteiger partial charge in [0.1, 0.15) is 5.38 Å². The fraction of sp³-hybridized carbons (Fsp3) is 0.125. The molecule has 0 saturated heterocycles. The summed E-state index contributed by atoms with van der Waals surface area (Å²) in [4.78, 5) is 23.1. The van der Waals surface area contributed by atoms with Crippen LogP contribution in [0.2, 0.25) is 0 Å². The maximum atomic E-state index is 12.0. The van der Waals surface area contributed by atoms with Gasteiger partial charge in [0.05, 0.1) is 0 Å². The normalized spacial score (nSPS) is 11.7. The number of nitrogens with one attached hydrogen (secondary N) is 1. The molecule has 0 aromatic heterocycles. The first-order valence-corrected chi connectivity index (χ1v) is 6.87. The van der Waals surface area contributed by atoms with E-state index in [1.165, 1.54) is 0 Å². The van der Waals surface area contributed by atoms with E-state index in [1.54, 1.807) is 36.4 Å². The van der Waals surface area contributed by atoms with Gasteiger partial charge < -0.3 is 11.1 Å². The van der Waals surface area contributed by atoms with E-state index >= 15 is 0 Å². The van der Waals surface area contributed by atoms with Gasteiger partial charge in [-0.05, 0) is 23.3 Å². The molecule has 0 heterocycles. The number of hydrogen-bond donors (Lipinski definition) is 2. The average Bonchev–Trinajstić information content (AvgIpc) is 2.53. The van der Waals surface area contributed by atoms with E-state index in [2.05, 4.69) is 5.32 Å². The summed E-state index contributed by atoms with van der Waals surface area (Å²) >= 11 is 6.12. The fourth-order valence-corrected chi connectivity index (χ4v) is 2.11. The van der Waals surface area contributed by atoms with Crippen molar-refractivity contribution in [1.82, 2.24) is 5.32 Å². The van der Waals surface area contributed by atoms with Crippen LogP contribution in [-0.2, 0) is 11.3 Å². The van der Waals surface area contributed by atoms with Crippen LogP contribution >= 0.6 is 11.6 Å². The standard InChI is InChI=1S/C16H15ClN2O2/c17-14(12-6-2-1-3-7-12)16(21)19-10-11-5-4-8-13(9-11)15(18)20/h1-9,14H,10H2,(H2,18,20)(H,19,21). The second-order valence-electron chi connectivity index (χ2n) is 4.56. The number of benzene rings is 2. The molecule has 2 aromatic carbocycles. The van der Waals surface area contributed by atoms with Crippen molar-refractivity contribution < 1.29 is 9.59 Å². The third-order valence-corrected chi connectivity index (χ3v) is 3.45. The van der Waals surface area contributed by atoms with E-state index in [1.807, 2.05) is 18.2 Å². The number of amides is 2. The molecule has 1 unspecified atom stereocenters. The Bertz CT molecular complexity index is 644. The highest BCUT2D eigenvalue weighted by molar-refractivity contribution is 6.30. The van der Waals surface area contributed by atoms with Crippen molar-refractivity contribution in [1.29, 1.82) is 0 Å². The molecule has 5 heteroatoms. The zero-order valence-electron chi connectivity index (χ0n) is 11.3. The van der Waals surface area contributed by atoms with Crippen molar-refractivity contribution in [2.24, 2.45) is 5.73 Å². The van der Waals surface area contributed by atoms with Crippen molar-refractivity contribution >= 4 is 23.4 Å². The van der Waals surface area contributed by atoms with E-state index in [-0.39, 0.29) is 12.5 Å². The van der Waals surface area contributed by atoms with E-state index in [9.17, 15) is 9.59 Å². The third kappa shape index (κ3) is 4.07. The Morgan fingerprint density at radius 3 is 2.48 bits per heavy atom. The summed E-state index contributed by atoms with van der Waals surface area (Å²) in [5.41, 5.74) is 7.15. The van der Waals surface area contributed by atoms with Crippen molar-refractivity contribution in [2.75, 3.05) is 0 Å². The number of carbonyl (C=O) groups excluding carboxylic acids is 2. The molecule has 108 valence electrons. The van der Waals surface area contributed by atoms with Gasteiger partial charge in [-0.2, -0.15) is 0 Å². The maximum Gasteiger partial charge on any atom is 0.248 e. The molecule has 0 bridgehead atoms. The van der Waals surface area contributed by atoms with Crippen LogP contribution in [0, 0.1) is 0 Å². The Kier molecular flexibility index (Phi) is 4.95. The van der Waals surface area contributed by atoms with Gasteiger partial charge in [0.15, 0.2) is 0 Å². The Labute approximate surface area is 127 Å². The number of nitrogens with two attached hydrogens (primary N) is 1. The summed E-state index contributed by atoms with van der Waals surface area (Å²) in [6.07, 6.45) is 0. The molecule has 21 heavy (non-hydrogen) atoms. The number of primary amides is 1. The highest BCUT2D eigenvalue weighted by Crippen LogP contribution is 2.20. The molecule has 0 aliphatic rings. The number of alkyl halides is 1. The SMILES string of the molecule is NC(=O)c1cccc(CNC(=O)C(Cl)c2ccccc2)c1. The van der Waals surface area contributed by atoms with Crippen molar-refractivity contribution in [2.45, 2.75) is 11.9 Å². The lowest BCUT2D eigenvalue weighted by atomic mass is 10.1. The van der Waals surface area contributed by atoms with Crippen LogP contribution in [0.1, 0.15) is 26.9 Å². The number of rotatable bonds is 5. The van der Waals surface area contributed by atoms with Gasteiger partial charge in [0.25, 0.3) is 0 Å². The second kappa shape index (κ2) is 6.90. The van der Waals surface area contributed by atoms with Crippen LogP contribution in [-0.4, -0.2) is 11.8 Å². The van der Waals surface area contributed by atoms with Crippen molar-refractivity contribution in [3.8, 4) is 0 Å². The van der Waals surface area contributed by atoms with Crippen LogP contribution < -0.4 is 11.1 Å². The summed E-state index contributed by atoms with van der Waals surface area (Å²) in [7, 11) is 0. The quantitative estimate of drug-likeness (QED) is 0.832. The Hall–Kier alpha value is -2.33. The van der Waals surface area contributed by atoms with E-state index in [0.29, 0.717) is 5.56 Å². The molecule has 0 aliphatic carbocycles. The second-order valence-corrected chi connectivity index (χ2v) is 4.99. The summed E-state index contributed by atoms with van der Waals surface area (Å²) in [5.74, 6) is -0.782. The Morgan fingerprint density at radius 2 is 1.81 bits per heavy atom. The number of carbonyl (C=O) groups is 2. The molecular weight excluding hydrogens is 288 g/mol. The first-order chi connectivity index (χ1) is 10.1. The first-order valence-electron chi connectivity index (χ1n) is 6.43. The predicted octanol–water partition coefficient (Wildman–Crippen LogP) is 2.38. The lowest BCUT2D eigenvalue weighted by Crippen LogP contribution is -2.26. The topological polar surface area (TPSA) is 72.2 Å². The lowest BCUT2D eigenvalue weighted by molar-refractivity contribution is -0.121. The Balaban J connectivity index is 1.98. The molecule has 0 spiro atoms. The minimum absolute atomic E-state index is 0.285. The van der Waals surface area contributed by atoms with Crippen LogP contribution in [0.5, 0.6) is 0 Å². The van der Waals surface area contributed by atoms with E-state index in [0.717, 1.165) is 11.1 Å². The van der Waals surface area contributed by atoms with E-state index < -0.39 is 11.3 Å². The minimum Gasteiger partial charge on any atom is -0.366 e. The molecule has 0 radical (unpaired) electrons. The van der Waals surface area contributed by atoms with Crippen LogP contribution in [0.4, 0.5) is 0 Å². The summed E-state index contributed by atoms with van der Waals surface area (Å²) in [6, 6.07) is 15.9. The van der Waals surface area contributed by atoms with Gasteiger partial charge >= 0.3 is 0 Å². The maximum absolute atomic E-state index is 12.0. The van der Waals surface area contributed by atoms with Gasteiger partial charge in [-0.1, -0.05) is 42.5 Å². The zero-order valence-corrected chi connectivity index (χ0v) is 12.0. The molecule has 2 rings (SSSR count). The van der Waals surface area contributed by atoms with E-state index in [4.69, 9.17) is 17.3 Å². The first kappa shape index (κ1) is 15.1. The molecular formula is C16H15ClN2O2. The van der Waals surface area contributed by atoms with Crippen LogP contribution in [0.25, 0.3) is 0 Å². The monoisotopic (exact) mass is 302 g/mol. The smallest absolute Gasteiger partial charge is 0.248 e. The molecule has 2 aromatic rings. The Morgan fingerprint density at radius 1 is 1.10 bits per heavy atom. The molecule has 0 aliphatic heterocycles. The van der Waals surface area contributed by atoms with Gasteiger partial charge in [0.2, 0.25) is 11.8 Å². The van der Waals surface area contributed by atoms with Crippen molar-refractivity contribution in [3.63, 3.8) is 0 Å². The molecule has 1 atom stereocenters. The third-order valence-electron chi connectivity index (χ3n) is 3.00. The number of halogens is 1. The fourth-order valence-electron chi connectivity index (χ4n) is 1.89. The predicted molar refractivity (Wildman–Crippen MR) is 81.8 cm³/mol. The van der Waals surface area contributed by atoms with Gasteiger partial charge in [-0.15, -0.1) is 11.6 Å². The molecule has 0 saturated carbocycles. The molecule has 4 nitrogen and oxygen atoms in total. The van der Waals surface area contributed by atoms with Crippen molar-refractivity contribution in [3.05, 3.63) is 71.3 Å². The largest absolute Gasteiger partial charge is 0.366 e. The highest BCUT2D eigenvalue weighted by atomic mass is 35.5. The van der Waals surface area contributed by atoms with Crippen LogP contribution in [0.3, 0.4) is 0 Å². The highest BCUT2D eigenvalue weighted by Gasteiger charge is 2.16. The van der Waals surface area contributed by atoms with Gasteiger partial charge in [0, 0.05) is 12.1 Å².